The van der Waals surface area contributed by atoms with E-state index < -0.39 is 17.9 Å². The molecule has 0 amide bonds. The number of rotatable bonds is 7. The molecule has 2 rings (SSSR count). The normalized spacial score (nSPS) is 12.6. The van der Waals surface area contributed by atoms with Crippen molar-refractivity contribution >= 4 is 45.4 Å². The van der Waals surface area contributed by atoms with E-state index in [4.69, 9.17) is 16.3 Å². The number of aromatic nitrogens is 3. The molecule has 1 aromatic carbocycles. The molecule has 138 valence electrons. The third kappa shape index (κ3) is 5.89. The van der Waals surface area contributed by atoms with Crippen molar-refractivity contribution in [2.75, 3.05) is 12.9 Å². The zero-order valence-electron chi connectivity index (χ0n) is 14.6. The zero-order chi connectivity index (χ0) is 18.8. The summed E-state index contributed by atoms with van der Waals surface area (Å²) in [4.78, 5) is 4.16. The van der Waals surface area contributed by atoms with Crippen LogP contribution in [0.25, 0.3) is 11.4 Å². The second kappa shape index (κ2) is 7.87. The van der Waals surface area contributed by atoms with Crippen LogP contribution in [0.15, 0.2) is 27.8 Å². The molecule has 0 spiro atoms. The maximum Gasteiger partial charge on any atom is 0.248 e. The van der Waals surface area contributed by atoms with Gasteiger partial charge in [0.25, 0.3) is 0 Å². The van der Waals surface area contributed by atoms with Crippen LogP contribution in [0.5, 0.6) is 0 Å². The number of sulfone groups is 1. The van der Waals surface area contributed by atoms with Crippen LogP contribution in [0.2, 0.25) is 30.7 Å². The first-order valence-corrected chi connectivity index (χ1v) is 14.4. The van der Waals surface area contributed by atoms with E-state index in [1.807, 2.05) is 0 Å². The average molecular weight is 467 g/mol. The van der Waals surface area contributed by atoms with Crippen LogP contribution in [0, 0.1) is 0 Å². The van der Waals surface area contributed by atoms with E-state index in [-0.39, 0.29) is 17.7 Å². The van der Waals surface area contributed by atoms with Crippen LogP contribution in [0.4, 0.5) is 0 Å². The van der Waals surface area contributed by atoms with Crippen molar-refractivity contribution in [1.82, 2.24) is 14.8 Å². The van der Waals surface area contributed by atoms with Crippen molar-refractivity contribution in [1.29, 1.82) is 0 Å². The van der Waals surface area contributed by atoms with Gasteiger partial charge in [-0.3, -0.25) is 0 Å². The molecule has 1 heterocycles. The molecule has 0 N–H and O–H groups in total. The minimum Gasteiger partial charge on any atom is -0.359 e. The maximum absolute atomic E-state index is 12.0. The number of halogens is 2. The molecule has 1 aromatic heterocycles. The summed E-state index contributed by atoms with van der Waals surface area (Å²) in [7, 11) is -4.76. The first-order chi connectivity index (χ1) is 11.5. The minimum atomic E-state index is -3.54. The van der Waals surface area contributed by atoms with Crippen molar-refractivity contribution in [3.63, 3.8) is 0 Å². The molecular formula is C15H21BrClN3O3SSi. The predicted molar refractivity (Wildman–Crippen MR) is 105 cm³/mol. The van der Waals surface area contributed by atoms with Crippen LogP contribution in [-0.4, -0.2) is 44.1 Å². The van der Waals surface area contributed by atoms with Gasteiger partial charge in [0.15, 0.2) is 5.82 Å². The fourth-order valence-corrected chi connectivity index (χ4v) is 4.24. The molecule has 0 atom stereocenters. The molecule has 0 aliphatic carbocycles. The monoisotopic (exact) mass is 465 g/mol. The third-order valence-corrected chi connectivity index (χ3v) is 6.83. The molecule has 0 saturated heterocycles. The van der Waals surface area contributed by atoms with Gasteiger partial charge in [-0.2, -0.15) is 4.98 Å². The Kier molecular flexibility index (Phi) is 6.48. The number of benzene rings is 1. The Bertz CT molecular complexity index is 865. The van der Waals surface area contributed by atoms with Crippen molar-refractivity contribution in [2.45, 2.75) is 37.6 Å². The van der Waals surface area contributed by atoms with Crippen molar-refractivity contribution < 1.29 is 13.2 Å². The summed E-state index contributed by atoms with van der Waals surface area (Å²) in [5.41, 5.74) is 0.565. The van der Waals surface area contributed by atoms with Crippen LogP contribution in [-0.2, 0) is 21.3 Å². The first-order valence-electron chi connectivity index (χ1n) is 7.65. The van der Waals surface area contributed by atoms with Crippen LogP contribution < -0.4 is 0 Å². The van der Waals surface area contributed by atoms with Gasteiger partial charge in [0.1, 0.15) is 6.73 Å². The van der Waals surface area contributed by atoms with Gasteiger partial charge in [-0.15, -0.1) is 5.10 Å². The van der Waals surface area contributed by atoms with E-state index in [2.05, 4.69) is 45.7 Å². The molecule has 2 aromatic rings. The lowest BCUT2D eigenvalue weighted by Gasteiger charge is -2.15. The Morgan fingerprint density at radius 3 is 2.56 bits per heavy atom. The SMILES string of the molecule is C[Si](C)(C)CCOCn1nc(-c2ccc(Br)cc2Cl)nc1S(C)(=O)=O. The molecule has 0 radical (unpaired) electrons. The summed E-state index contributed by atoms with van der Waals surface area (Å²) >= 11 is 9.56. The highest BCUT2D eigenvalue weighted by atomic mass is 79.9. The van der Waals surface area contributed by atoms with Gasteiger partial charge in [-0.25, -0.2) is 13.1 Å². The molecule has 0 aliphatic rings. The number of hydrogen-bond donors (Lipinski definition) is 0. The van der Waals surface area contributed by atoms with E-state index in [1.165, 1.54) is 4.68 Å². The molecule has 0 fully saturated rings. The minimum absolute atomic E-state index is 0.0357. The summed E-state index contributed by atoms with van der Waals surface area (Å²) in [6, 6.07) is 6.24. The summed E-state index contributed by atoms with van der Waals surface area (Å²) in [5.74, 6) is 0.256. The lowest BCUT2D eigenvalue weighted by atomic mass is 10.2. The first kappa shape index (κ1) is 20.6. The molecule has 0 bridgehead atoms. The molecule has 0 saturated carbocycles. The van der Waals surface area contributed by atoms with E-state index >= 15 is 0 Å². The topological polar surface area (TPSA) is 74.1 Å². The summed E-state index contributed by atoms with van der Waals surface area (Å²) in [6.07, 6.45) is 1.10. The molecule has 0 unspecified atom stereocenters. The molecule has 10 heteroatoms. The van der Waals surface area contributed by atoms with Gasteiger partial charge < -0.3 is 4.74 Å². The Balaban J connectivity index is 2.28. The Morgan fingerprint density at radius 1 is 1.32 bits per heavy atom. The highest BCUT2D eigenvalue weighted by Gasteiger charge is 2.21. The highest BCUT2D eigenvalue weighted by Crippen LogP contribution is 2.29. The number of ether oxygens (including phenoxy) is 1. The van der Waals surface area contributed by atoms with E-state index in [9.17, 15) is 8.42 Å². The Hall–Kier alpha value is -0.743. The quantitative estimate of drug-likeness (QED) is 0.454. The van der Waals surface area contributed by atoms with Gasteiger partial charge in [0, 0.05) is 31.0 Å². The van der Waals surface area contributed by atoms with E-state index in [1.54, 1.807) is 18.2 Å². The second-order valence-electron chi connectivity index (χ2n) is 6.96. The summed E-state index contributed by atoms with van der Waals surface area (Å²) in [5, 5.41) is 4.59. The van der Waals surface area contributed by atoms with Gasteiger partial charge in [-0.1, -0.05) is 47.2 Å². The third-order valence-electron chi connectivity index (χ3n) is 3.35. The van der Waals surface area contributed by atoms with Gasteiger partial charge >= 0.3 is 0 Å². The molecule has 0 aliphatic heterocycles. The smallest absolute Gasteiger partial charge is 0.248 e. The van der Waals surface area contributed by atoms with E-state index in [0.717, 1.165) is 16.8 Å². The standard InChI is InChI=1S/C15H21BrClN3O3SSi/c1-24(21,22)15-18-14(12-6-5-11(16)9-13(12)17)19-20(15)10-23-7-8-25(2,3)4/h5-6,9H,7-8,10H2,1-4H3. The maximum atomic E-state index is 12.0. The molecule has 25 heavy (non-hydrogen) atoms. The second-order valence-corrected chi connectivity index (χ2v) is 15.8. The fourth-order valence-electron chi connectivity index (χ4n) is 2.00. The lowest BCUT2D eigenvalue weighted by Crippen LogP contribution is -2.22. The highest BCUT2D eigenvalue weighted by molar-refractivity contribution is 9.10. The average Bonchev–Trinajstić information content (AvgIpc) is 2.86. The van der Waals surface area contributed by atoms with Crippen LogP contribution >= 0.6 is 27.5 Å². The number of hydrogen-bond acceptors (Lipinski definition) is 5. The van der Waals surface area contributed by atoms with Crippen molar-refractivity contribution in [2.24, 2.45) is 0 Å². The van der Waals surface area contributed by atoms with Crippen LogP contribution in [0.3, 0.4) is 0 Å². The van der Waals surface area contributed by atoms with Crippen molar-refractivity contribution in [3.05, 3.63) is 27.7 Å². The summed E-state index contributed by atoms with van der Waals surface area (Å²) in [6.45, 7) is 7.35. The van der Waals surface area contributed by atoms with E-state index in [0.29, 0.717) is 17.2 Å². The Labute approximate surface area is 162 Å². The molecule has 6 nitrogen and oxygen atoms in total. The number of nitrogens with zero attached hydrogens (tertiary/aromatic N) is 3. The van der Waals surface area contributed by atoms with Crippen LogP contribution in [0.1, 0.15) is 0 Å². The summed E-state index contributed by atoms with van der Waals surface area (Å²) < 4.78 is 31.7. The van der Waals surface area contributed by atoms with Gasteiger partial charge in [-0.05, 0) is 24.2 Å². The zero-order valence-corrected chi connectivity index (χ0v) is 18.7. The van der Waals surface area contributed by atoms with Gasteiger partial charge in [0.05, 0.1) is 5.02 Å². The Morgan fingerprint density at radius 2 is 2.00 bits per heavy atom. The fraction of sp³-hybridized carbons (Fsp3) is 0.467. The lowest BCUT2D eigenvalue weighted by molar-refractivity contribution is 0.0715. The largest absolute Gasteiger partial charge is 0.359 e. The van der Waals surface area contributed by atoms with Gasteiger partial charge in [0.2, 0.25) is 15.0 Å². The molecular weight excluding hydrogens is 446 g/mol. The predicted octanol–water partition coefficient (Wildman–Crippen LogP) is 4.08. The van der Waals surface area contributed by atoms with Crippen molar-refractivity contribution in [3.8, 4) is 11.4 Å².